The second kappa shape index (κ2) is 6.80. The molecule has 0 aliphatic heterocycles. The van der Waals surface area contributed by atoms with Gasteiger partial charge in [0, 0.05) is 18.2 Å². The average molecular weight is 304 g/mol. The van der Waals surface area contributed by atoms with E-state index in [0.717, 1.165) is 16.5 Å². The van der Waals surface area contributed by atoms with E-state index in [1.807, 2.05) is 6.92 Å². The number of carbonyl (C=O) groups excluding carboxylic acids is 1. The average Bonchev–Trinajstić information content (AvgIpc) is 2.67. The van der Waals surface area contributed by atoms with E-state index in [1.54, 1.807) is 11.8 Å². The van der Waals surface area contributed by atoms with Gasteiger partial charge in [0.2, 0.25) is 0 Å². The Kier molecular flexibility index (Phi) is 5.07. The van der Waals surface area contributed by atoms with Crippen molar-refractivity contribution in [1.82, 2.24) is 9.97 Å². The summed E-state index contributed by atoms with van der Waals surface area (Å²) in [7, 11) is 0. The highest BCUT2D eigenvalue weighted by molar-refractivity contribution is 7.99. The fourth-order valence-electron chi connectivity index (χ4n) is 2.17. The number of esters is 1. The molecule has 21 heavy (non-hydrogen) atoms. The van der Waals surface area contributed by atoms with Gasteiger partial charge in [0.15, 0.2) is 0 Å². The van der Waals surface area contributed by atoms with Gasteiger partial charge >= 0.3 is 5.97 Å². The first-order valence-electron chi connectivity index (χ1n) is 6.89. The molecule has 0 aliphatic carbocycles. The number of imidazole rings is 1. The molecule has 2 rings (SSSR count). The zero-order valence-corrected chi connectivity index (χ0v) is 13.6. The van der Waals surface area contributed by atoms with Gasteiger partial charge in [-0.2, -0.15) is 0 Å². The van der Waals surface area contributed by atoms with Crippen molar-refractivity contribution < 1.29 is 9.53 Å². The Bertz CT molecular complexity index is 629. The summed E-state index contributed by atoms with van der Waals surface area (Å²) >= 11 is 1.64. The third kappa shape index (κ3) is 4.63. The summed E-state index contributed by atoms with van der Waals surface area (Å²) in [4.78, 5) is 19.8. The van der Waals surface area contributed by atoms with Crippen molar-refractivity contribution in [2.75, 3.05) is 6.61 Å². The summed E-state index contributed by atoms with van der Waals surface area (Å²) in [5.41, 5.74) is 3.50. The lowest BCUT2D eigenvalue weighted by atomic mass is 10.2. The first-order chi connectivity index (χ1) is 9.94. The largest absolute Gasteiger partial charge is 0.465 e. The Labute approximate surface area is 129 Å². The van der Waals surface area contributed by atoms with Crippen LogP contribution in [0.1, 0.15) is 29.6 Å². The first kappa shape index (κ1) is 15.6. The summed E-state index contributed by atoms with van der Waals surface area (Å²) in [5, 5.41) is 0.949. The molecule has 0 spiro atoms. The lowest BCUT2D eigenvalue weighted by Crippen LogP contribution is -2.04. The number of hydrogen-bond donors (Lipinski definition) is 1. The Morgan fingerprint density at radius 3 is 2.52 bits per heavy atom. The van der Waals surface area contributed by atoms with Crippen LogP contribution in [0.3, 0.4) is 0 Å². The maximum Gasteiger partial charge on any atom is 0.302 e. The van der Waals surface area contributed by atoms with Crippen molar-refractivity contribution in [2.45, 2.75) is 44.0 Å². The highest BCUT2D eigenvalue weighted by Gasteiger charge is 2.11. The molecule has 0 unspecified atom stereocenters. The molecule has 112 valence electrons. The van der Waals surface area contributed by atoms with Gasteiger partial charge in [0.25, 0.3) is 0 Å². The number of benzene rings is 1. The Morgan fingerprint density at radius 1 is 1.24 bits per heavy atom. The van der Waals surface area contributed by atoms with Crippen LogP contribution >= 0.6 is 11.8 Å². The van der Waals surface area contributed by atoms with E-state index in [1.165, 1.54) is 22.9 Å². The van der Waals surface area contributed by atoms with E-state index in [2.05, 4.69) is 42.0 Å². The molecule has 1 aromatic heterocycles. The van der Waals surface area contributed by atoms with E-state index in [4.69, 9.17) is 4.74 Å². The van der Waals surface area contributed by atoms with E-state index in [9.17, 15) is 4.79 Å². The second-order valence-corrected chi connectivity index (χ2v) is 6.18. The van der Waals surface area contributed by atoms with Crippen molar-refractivity contribution in [3.63, 3.8) is 0 Å². The number of aromatic amines is 1. The van der Waals surface area contributed by atoms with Gasteiger partial charge in [-0.25, -0.2) is 4.98 Å². The van der Waals surface area contributed by atoms with Gasteiger partial charge in [-0.15, -0.1) is 0 Å². The molecular formula is C16H20N2O2S. The Balaban J connectivity index is 2.13. The third-order valence-electron chi connectivity index (χ3n) is 2.93. The molecule has 5 heteroatoms. The lowest BCUT2D eigenvalue weighted by molar-refractivity contribution is -0.140. The highest BCUT2D eigenvalue weighted by Crippen LogP contribution is 2.30. The van der Waals surface area contributed by atoms with E-state index in [0.29, 0.717) is 13.0 Å². The van der Waals surface area contributed by atoms with Crippen LogP contribution in [-0.2, 0) is 16.0 Å². The van der Waals surface area contributed by atoms with Crippen LogP contribution in [0, 0.1) is 20.8 Å². The van der Waals surface area contributed by atoms with Crippen LogP contribution in [0.5, 0.6) is 0 Å². The quantitative estimate of drug-likeness (QED) is 0.858. The van der Waals surface area contributed by atoms with Gasteiger partial charge < -0.3 is 9.72 Å². The molecule has 1 heterocycles. The minimum atomic E-state index is -0.255. The number of ether oxygens (including phenoxy) is 1. The van der Waals surface area contributed by atoms with E-state index < -0.39 is 0 Å². The zero-order valence-electron chi connectivity index (χ0n) is 12.8. The zero-order chi connectivity index (χ0) is 15.4. The number of carbonyl (C=O) groups is 1. The minimum absolute atomic E-state index is 0.255. The molecule has 0 amide bonds. The predicted molar refractivity (Wildman–Crippen MR) is 83.7 cm³/mol. The molecule has 0 atom stereocenters. The smallest absolute Gasteiger partial charge is 0.302 e. The second-order valence-electron chi connectivity index (χ2n) is 5.12. The summed E-state index contributed by atoms with van der Waals surface area (Å²) in [5.74, 6) is 0.620. The van der Waals surface area contributed by atoms with Crippen LogP contribution in [0.15, 0.2) is 28.1 Å². The Morgan fingerprint density at radius 2 is 1.90 bits per heavy atom. The number of aromatic nitrogens is 2. The molecular weight excluding hydrogens is 284 g/mol. The SMILES string of the molecule is CC(=O)OCCc1[nH]c(C)nc1Sc1cc(C)cc(C)c1. The molecule has 0 bridgehead atoms. The molecule has 1 N–H and O–H groups in total. The number of nitrogens with one attached hydrogen (secondary N) is 1. The minimum Gasteiger partial charge on any atom is -0.465 e. The van der Waals surface area contributed by atoms with Crippen LogP contribution in [0.4, 0.5) is 0 Å². The van der Waals surface area contributed by atoms with Crippen molar-refractivity contribution in [2.24, 2.45) is 0 Å². The molecule has 0 aliphatic rings. The normalized spacial score (nSPS) is 10.7. The molecule has 0 fully saturated rings. The van der Waals surface area contributed by atoms with Crippen molar-refractivity contribution >= 4 is 17.7 Å². The van der Waals surface area contributed by atoms with E-state index in [-0.39, 0.29) is 5.97 Å². The summed E-state index contributed by atoms with van der Waals surface area (Å²) in [6.07, 6.45) is 0.646. The first-order valence-corrected chi connectivity index (χ1v) is 7.70. The van der Waals surface area contributed by atoms with Crippen LogP contribution in [0.2, 0.25) is 0 Å². The van der Waals surface area contributed by atoms with E-state index >= 15 is 0 Å². The van der Waals surface area contributed by atoms with Crippen LogP contribution < -0.4 is 0 Å². The summed E-state index contributed by atoms with van der Waals surface area (Å²) < 4.78 is 5.00. The van der Waals surface area contributed by atoms with Gasteiger partial charge in [0.1, 0.15) is 10.9 Å². The van der Waals surface area contributed by atoms with Crippen molar-refractivity contribution in [3.8, 4) is 0 Å². The van der Waals surface area contributed by atoms with Crippen LogP contribution in [-0.4, -0.2) is 22.5 Å². The number of hydrogen-bond acceptors (Lipinski definition) is 4. The monoisotopic (exact) mass is 304 g/mol. The number of nitrogens with zero attached hydrogens (tertiary/aromatic N) is 1. The molecule has 1 aromatic carbocycles. The third-order valence-corrected chi connectivity index (χ3v) is 3.93. The molecule has 2 aromatic rings. The van der Waals surface area contributed by atoms with Crippen molar-refractivity contribution in [3.05, 3.63) is 40.8 Å². The van der Waals surface area contributed by atoms with Gasteiger partial charge in [-0.3, -0.25) is 4.79 Å². The predicted octanol–water partition coefficient (Wildman–Crippen LogP) is 3.59. The summed E-state index contributed by atoms with van der Waals surface area (Å²) in [6.45, 7) is 7.91. The van der Waals surface area contributed by atoms with Crippen molar-refractivity contribution in [1.29, 1.82) is 0 Å². The number of rotatable bonds is 5. The van der Waals surface area contributed by atoms with Gasteiger partial charge in [0.05, 0.1) is 12.3 Å². The number of H-pyrrole nitrogens is 1. The number of aryl methyl sites for hydroxylation is 3. The standard InChI is InChI=1S/C16H20N2O2S/c1-10-7-11(2)9-14(8-10)21-16-15(17-12(3)18-16)5-6-20-13(4)19/h7-9H,5-6H2,1-4H3,(H,17,18). The van der Waals surface area contributed by atoms with Gasteiger partial charge in [-0.1, -0.05) is 17.8 Å². The topological polar surface area (TPSA) is 55.0 Å². The highest BCUT2D eigenvalue weighted by atomic mass is 32.2. The fraction of sp³-hybridized carbons (Fsp3) is 0.375. The molecule has 0 saturated carbocycles. The maximum absolute atomic E-state index is 10.8. The Hall–Kier alpha value is -1.75. The molecule has 0 radical (unpaired) electrons. The van der Waals surface area contributed by atoms with Gasteiger partial charge in [-0.05, 0) is 44.0 Å². The molecule has 4 nitrogen and oxygen atoms in total. The maximum atomic E-state index is 10.8. The lowest BCUT2D eigenvalue weighted by Gasteiger charge is -2.05. The fourth-order valence-corrected chi connectivity index (χ4v) is 3.35. The summed E-state index contributed by atoms with van der Waals surface area (Å²) in [6, 6.07) is 6.45. The molecule has 0 saturated heterocycles. The van der Waals surface area contributed by atoms with Crippen LogP contribution in [0.25, 0.3) is 0 Å².